The summed E-state index contributed by atoms with van der Waals surface area (Å²) in [5, 5.41) is 21.7. The van der Waals surface area contributed by atoms with Gasteiger partial charge in [-0.05, 0) is 49.7 Å². The van der Waals surface area contributed by atoms with Gasteiger partial charge in [0.2, 0.25) is 0 Å². The lowest BCUT2D eigenvalue weighted by atomic mass is 10.1. The van der Waals surface area contributed by atoms with Crippen LogP contribution in [0.3, 0.4) is 0 Å². The van der Waals surface area contributed by atoms with Crippen LogP contribution in [0.5, 0.6) is 0 Å². The molecule has 1 amide bonds. The van der Waals surface area contributed by atoms with Gasteiger partial charge in [0.1, 0.15) is 0 Å². The molecule has 2 aromatic carbocycles. The third-order valence-corrected chi connectivity index (χ3v) is 5.35. The summed E-state index contributed by atoms with van der Waals surface area (Å²) < 4.78 is 1.73. The average molecular weight is 395 g/mol. The maximum atomic E-state index is 12.4. The smallest absolute Gasteiger partial charge is 0.255 e. The number of aliphatic carboxylic acids is 1. The second-order valence-corrected chi connectivity index (χ2v) is 7.60. The van der Waals surface area contributed by atoms with Gasteiger partial charge in [-0.25, -0.2) is 0 Å². The number of hydrogen-bond acceptors (Lipinski definition) is 6. The van der Waals surface area contributed by atoms with Gasteiger partial charge in [-0.2, -0.15) is 0 Å². The van der Waals surface area contributed by atoms with E-state index in [1.807, 2.05) is 37.3 Å². The standard InChI is InChI=1S/C20H20N4O3S/c1-12-6-4-5-7-16(12)18(25)21-15-10-8-14(9-11-15)17-22-23-20(24(17)3)28-13(2)19(26)27/h4-11,13H,1-3H3,(H,21,25)(H,26,27)/p-1/t13-/m1/s1. The largest absolute Gasteiger partial charge is 0.549 e. The Hall–Kier alpha value is -3.13. The molecule has 1 N–H and O–H groups in total. The third-order valence-electron chi connectivity index (χ3n) is 4.24. The number of benzene rings is 2. The summed E-state index contributed by atoms with van der Waals surface area (Å²) >= 11 is 1.07. The maximum Gasteiger partial charge on any atom is 0.255 e. The minimum atomic E-state index is -1.15. The Morgan fingerprint density at radius 2 is 1.79 bits per heavy atom. The van der Waals surface area contributed by atoms with E-state index in [-0.39, 0.29) is 5.91 Å². The normalized spacial score (nSPS) is 11.8. The van der Waals surface area contributed by atoms with E-state index >= 15 is 0 Å². The molecule has 0 aliphatic carbocycles. The number of carbonyl (C=O) groups is 2. The first-order valence-electron chi connectivity index (χ1n) is 8.61. The number of aryl methyl sites for hydroxylation is 1. The molecule has 8 heteroatoms. The Morgan fingerprint density at radius 3 is 2.43 bits per heavy atom. The van der Waals surface area contributed by atoms with Crippen molar-refractivity contribution >= 4 is 29.3 Å². The fraction of sp³-hybridized carbons (Fsp3) is 0.200. The average Bonchev–Trinajstić information content (AvgIpc) is 3.03. The van der Waals surface area contributed by atoms with Crippen LogP contribution >= 0.6 is 11.8 Å². The summed E-state index contributed by atoms with van der Waals surface area (Å²) in [7, 11) is 1.77. The number of nitrogens with zero attached hydrogens (tertiary/aromatic N) is 3. The second kappa shape index (κ2) is 8.26. The number of amides is 1. The predicted molar refractivity (Wildman–Crippen MR) is 106 cm³/mol. The minimum absolute atomic E-state index is 0.167. The van der Waals surface area contributed by atoms with Crippen LogP contribution in [0.15, 0.2) is 53.7 Å². The highest BCUT2D eigenvalue weighted by Crippen LogP contribution is 2.26. The molecule has 3 rings (SSSR count). The van der Waals surface area contributed by atoms with E-state index in [4.69, 9.17) is 0 Å². The van der Waals surface area contributed by atoms with Crippen molar-refractivity contribution < 1.29 is 14.7 Å². The third kappa shape index (κ3) is 4.23. The van der Waals surface area contributed by atoms with Gasteiger partial charge in [0.05, 0.1) is 5.97 Å². The molecular weight excluding hydrogens is 376 g/mol. The fourth-order valence-electron chi connectivity index (χ4n) is 2.60. The predicted octanol–water partition coefficient (Wildman–Crippen LogP) is 2.27. The number of hydrogen-bond donors (Lipinski definition) is 1. The van der Waals surface area contributed by atoms with Crippen LogP contribution in [0.25, 0.3) is 11.4 Å². The van der Waals surface area contributed by atoms with E-state index in [9.17, 15) is 14.7 Å². The molecule has 1 aromatic heterocycles. The number of anilines is 1. The Kier molecular flexibility index (Phi) is 5.79. The quantitative estimate of drug-likeness (QED) is 0.643. The molecule has 28 heavy (non-hydrogen) atoms. The van der Waals surface area contributed by atoms with Gasteiger partial charge in [0.15, 0.2) is 11.0 Å². The number of thioether (sulfide) groups is 1. The maximum absolute atomic E-state index is 12.4. The summed E-state index contributed by atoms with van der Waals surface area (Å²) in [6.07, 6.45) is 0. The van der Waals surface area contributed by atoms with Gasteiger partial charge >= 0.3 is 0 Å². The van der Waals surface area contributed by atoms with Crippen LogP contribution in [0.1, 0.15) is 22.8 Å². The first-order valence-corrected chi connectivity index (χ1v) is 9.49. The molecule has 1 atom stereocenters. The van der Waals surface area contributed by atoms with E-state index in [2.05, 4.69) is 15.5 Å². The monoisotopic (exact) mass is 395 g/mol. The molecule has 0 aliphatic heterocycles. The number of nitrogens with one attached hydrogen (secondary N) is 1. The van der Waals surface area contributed by atoms with Gasteiger partial charge in [-0.3, -0.25) is 4.79 Å². The molecule has 0 saturated carbocycles. The zero-order valence-corrected chi connectivity index (χ0v) is 16.5. The zero-order chi connectivity index (χ0) is 20.3. The fourth-order valence-corrected chi connectivity index (χ4v) is 3.35. The van der Waals surface area contributed by atoms with Crippen LogP contribution in [0.4, 0.5) is 5.69 Å². The first kappa shape index (κ1) is 19.6. The summed E-state index contributed by atoms with van der Waals surface area (Å²) in [4.78, 5) is 23.3. The van der Waals surface area contributed by atoms with Gasteiger partial charge in [0.25, 0.3) is 5.91 Å². The molecule has 0 spiro atoms. The molecule has 0 fully saturated rings. The topological polar surface area (TPSA) is 99.9 Å². The van der Waals surface area contributed by atoms with Crippen molar-refractivity contribution in [2.45, 2.75) is 24.3 Å². The van der Waals surface area contributed by atoms with E-state index in [0.717, 1.165) is 22.9 Å². The van der Waals surface area contributed by atoms with Crippen LogP contribution in [0, 0.1) is 6.92 Å². The SMILES string of the molecule is Cc1ccccc1C(=O)Nc1ccc(-c2nnc(S[C@H](C)C(=O)[O-])n2C)cc1. The summed E-state index contributed by atoms with van der Waals surface area (Å²) in [6, 6.07) is 14.6. The Morgan fingerprint density at radius 1 is 1.11 bits per heavy atom. The lowest BCUT2D eigenvalue weighted by Crippen LogP contribution is -2.31. The van der Waals surface area contributed by atoms with Crippen molar-refractivity contribution in [1.29, 1.82) is 0 Å². The molecule has 7 nitrogen and oxygen atoms in total. The summed E-state index contributed by atoms with van der Waals surface area (Å²) in [5.74, 6) is -0.715. The zero-order valence-electron chi connectivity index (χ0n) is 15.7. The summed E-state index contributed by atoms with van der Waals surface area (Å²) in [5.41, 5.74) is 3.01. The molecule has 0 aliphatic rings. The van der Waals surface area contributed by atoms with E-state index in [1.54, 1.807) is 36.7 Å². The van der Waals surface area contributed by atoms with Crippen LogP contribution in [0.2, 0.25) is 0 Å². The van der Waals surface area contributed by atoms with Gasteiger partial charge in [-0.1, -0.05) is 30.0 Å². The van der Waals surface area contributed by atoms with Gasteiger partial charge in [-0.15, -0.1) is 10.2 Å². The Balaban J connectivity index is 1.74. The van der Waals surface area contributed by atoms with Gasteiger partial charge in [0, 0.05) is 29.1 Å². The van der Waals surface area contributed by atoms with Crippen molar-refractivity contribution in [3.63, 3.8) is 0 Å². The number of rotatable bonds is 6. The summed E-state index contributed by atoms with van der Waals surface area (Å²) in [6.45, 7) is 3.43. The number of carbonyl (C=O) groups excluding carboxylic acids is 2. The molecule has 3 aromatic rings. The van der Waals surface area contributed by atoms with Crippen LogP contribution in [-0.2, 0) is 11.8 Å². The van der Waals surface area contributed by atoms with E-state index in [1.165, 1.54) is 0 Å². The Bertz CT molecular complexity index is 1010. The minimum Gasteiger partial charge on any atom is -0.549 e. The molecule has 0 saturated heterocycles. The molecule has 1 heterocycles. The highest BCUT2D eigenvalue weighted by molar-refractivity contribution is 8.00. The lowest BCUT2D eigenvalue weighted by molar-refractivity contribution is -0.304. The van der Waals surface area contributed by atoms with Crippen LogP contribution in [-0.4, -0.2) is 31.9 Å². The number of carboxylic acid groups (broad SMARTS) is 1. The second-order valence-electron chi connectivity index (χ2n) is 6.29. The molecule has 144 valence electrons. The molecule has 0 radical (unpaired) electrons. The highest BCUT2D eigenvalue weighted by Gasteiger charge is 2.15. The van der Waals surface area contributed by atoms with E-state index < -0.39 is 11.2 Å². The Labute approximate surface area is 166 Å². The van der Waals surface area contributed by atoms with Crippen molar-refractivity contribution in [2.75, 3.05) is 5.32 Å². The van der Waals surface area contributed by atoms with Crippen molar-refractivity contribution in [1.82, 2.24) is 14.8 Å². The molecular formula is C20H19N4O3S-. The van der Waals surface area contributed by atoms with E-state index in [0.29, 0.717) is 22.2 Å². The first-order chi connectivity index (χ1) is 13.4. The molecule has 0 unspecified atom stereocenters. The number of aromatic nitrogens is 3. The van der Waals surface area contributed by atoms with Crippen LogP contribution < -0.4 is 10.4 Å². The number of carboxylic acids is 1. The van der Waals surface area contributed by atoms with Crippen molar-refractivity contribution in [3.8, 4) is 11.4 Å². The van der Waals surface area contributed by atoms with Gasteiger partial charge < -0.3 is 19.8 Å². The van der Waals surface area contributed by atoms with Crippen molar-refractivity contribution in [2.24, 2.45) is 7.05 Å². The molecule has 0 bridgehead atoms. The lowest BCUT2D eigenvalue weighted by Gasteiger charge is -2.11. The van der Waals surface area contributed by atoms with Crippen molar-refractivity contribution in [3.05, 3.63) is 59.7 Å². The highest BCUT2D eigenvalue weighted by atomic mass is 32.2.